The van der Waals surface area contributed by atoms with Crippen LogP contribution >= 0.6 is 23.4 Å². The van der Waals surface area contributed by atoms with E-state index in [0.717, 1.165) is 22.2 Å². The van der Waals surface area contributed by atoms with Crippen LogP contribution in [-0.2, 0) is 11.3 Å². The quantitative estimate of drug-likeness (QED) is 0.571. The molecule has 1 aromatic heterocycles. The summed E-state index contributed by atoms with van der Waals surface area (Å²) in [5, 5.41) is 20.1. The van der Waals surface area contributed by atoms with E-state index in [2.05, 4.69) is 29.3 Å². The average molecular weight is 404 g/mol. The molecule has 2 aromatic carbocycles. The van der Waals surface area contributed by atoms with Gasteiger partial charge in [-0.1, -0.05) is 47.6 Å². The van der Waals surface area contributed by atoms with Crippen molar-refractivity contribution in [3.05, 3.63) is 70.5 Å². The molecule has 1 heterocycles. The van der Waals surface area contributed by atoms with Crippen molar-refractivity contribution in [3.8, 4) is 5.69 Å². The average Bonchev–Trinajstić information content (AvgIpc) is 3.02. The molecule has 0 spiro atoms. The van der Waals surface area contributed by atoms with E-state index in [1.54, 1.807) is 0 Å². The molecule has 0 aliphatic rings. The Bertz CT molecular complexity index is 883. The number of aliphatic hydroxyl groups excluding tert-OH is 1. The van der Waals surface area contributed by atoms with Crippen molar-refractivity contribution in [1.82, 2.24) is 14.8 Å². The number of halogens is 1. The van der Waals surface area contributed by atoms with Gasteiger partial charge in [-0.15, -0.1) is 10.2 Å². The Hall–Kier alpha value is -1.86. The number of thioether (sulfide) groups is 1. The van der Waals surface area contributed by atoms with Gasteiger partial charge in [-0.25, -0.2) is 0 Å². The third-order valence-electron chi connectivity index (χ3n) is 3.95. The van der Waals surface area contributed by atoms with Crippen LogP contribution in [0.3, 0.4) is 0 Å². The standard InChI is InChI=1S/C20H22ClN3O2S/c1-14-4-3-5-18(10-14)24-15(2)22-23-20(24)27-13-19(25)12-26-11-16-6-8-17(21)9-7-16/h3-10,19,25H,11-13H2,1-2H3. The molecule has 3 aromatic rings. The van der Waals surface area contributed by atoms with Crippen molar-refractivity contribution in [2.45, 2.75) is 31.7 Å². The molecule has 0 aliphatic carbocycles. The number of hydrogen-bond acceptors (Lipinski definition) is 5. The van der Waals surface area contributed by atoms with Crippen LogP contribution in [0.2, 0.25) is 5.02 Å². The zero-order valence-corrected chi connectivity index (χ0v) is 16.9. The lowest BCUT2D eigenvalue weighted by atomic mass is 10.2. The van der Waals surface area contributed by atoms with Gasteiger partial charge in [0.1, 0.15) is 5.82 Å². The van der Waals surface area contributed by atoms with Crippen molar-refractivity contribution in [1.29, 1.82) is 0 Å². The molecule has 0 amide bonds. The topological polar surface area (TPSA) is 60.2 Å². The molecule has 7 heteroatoms. The highest BCUT2D eigenvalue weighted by molar-refractivity contribution is 7.99. The van der Waals surface area contributed by atoms with Gasteiger partial charge in [-0.05, 0) is 49.2 Å². The first-order valence-corrected chi connectivity index (χ1v) is 10.0. The Kier molecular flexibility index (Phi) is 6.90. The Morgan fingerprint density at radius 1 is 1.15 bits per heavy atom. The van der Waals surface area contributed by atoms with Crippen LogP contribution in [0, 0.1) is 13.8 Å². The first-order valence-electron chi connectivity index (χ1n) is 8.65. The Balaban J connectivity index is 1.53. The van der Waals surface area contributed by atoms with Crippen LogP contribution in [0.1, 0.15) is 17.0 Å². The summed E-state index contributed by atoms with van der Waals surface area (Å²) < 4.78 is 7.60. The van der Waals surface area contributed by atoms with Gasteiger partial charge in [-0.3, -0.25) is 4.57 Å². The molecule has 0 bridgehead atoms. The smallest absolute Gasteiger partial charge is 0.195 e. The Morgan fingerprint density at radius 2 is 1.93 bits per heavy atom. The summed E-state index contributed by atoms with van der Waals surface area (Å²) in [6.45, 7) is 4.67. The molecule has 0 aliphatic heterocycles. The van der Waals surface area contributed by atoms with Crippen LogP contribution in [-0.4, -0.2) is 38.3 Å². The number of hydrogen-bond donors (Lipinski definition) is 1. The largest absolute Gasteiger partial charge is 0.390 e. The van der Waals surface area contributed by atoms with Crippen LogP contribution in [0.15, 0.2) is 53.7 Å². The molecule has 3 rings (SSSR count). The van der Waals surface area contributed by atoms with Crippen LogP contribution in [0.25, 0.3) is 5.69 Å². The minimum Gasteiger partial charge on any atom is -0.390 e. The maximum Gasteiger partial charge on any atom is 0.195 e. The van der Waals surface area contributed by atoms with E-state index in [9.17, 15) is 5.11 Å². The van der Waals surface area contributed by atoms with Gasteiger partial charge in [0, 0.05) is 16.5 Å². The van der Waals surface area contributed by atoms with E-state index >= 15 is 0 Å². The lowest BCUT2D eigenvalue weighted by molar-refractivity contribution is 0.0398. The fourth-order valence-electron chi connectivity index (χ4n) is 2.61. The number of aliphatic hydroxyl groups is 1. The number of rotatable bonds is 8. The van der Waals surface area contributed by atoms with Gasteiger partial charge in [0.2, 0.25) is 0 Å². The van der Waals surface area contributed by atoms with Crippen molar-refractivity contribution in [2.24, 2.45) is 0 Å². The van der Waals surface area contributed by atoms with Gasteiger partial charge in [0.05, 0.1) is 19.3 Å². The number of benzene rings is 2. The third-order valence-corrected chi connectivity index (χ3v) is 5.28. The molecule has 142 valence electrons. The number of aryl methyl sites for hydroxylation is 2. The van der Waals surface area contributed by atoms with Crippen molar-refractivity contribution >= 4 is 23.4 Å². The molecule has 0 radical (unpaired) electrons. The van der Waals surface area contributed by atoms with Gasteiger partial charge in [-0.2, -0.15) is 0 Å². The SMILES string of the molecule is Cc1cccc(-n2c(C)nnc2SCC(O)COCc2ccc(Cl)cc2)c1. The summed E-state index contributed by atoms with van der Waals surface area (Å²) >= 11 is 7.33. The summed E-state index contributed by atoms with van der Waals surface area (Å²) in [6.07, 6.45) is -0.592. The Labute approximate surface area is 168 Å². The van der Waals surface area contributed by atoms with Gasteiger partial charge in [0.15, 0.2) is 5.16 Å². The molecular formula is C20H22ClN3O2S. The lowest BCUT2D eigenvalue weighted by Gasteiger charge is -2.12. The maximum absolute atomic E-state index is 10.2. The van der Waals surface area contributed by atoms with E-state index in [4.69, 9.17) is 16.3 Å². The van der Waals surface area contributed by atoms with E-state index in [1.807, 2.05) is 47.9 Å². The van der Waals surface area contributed by atoms with Gasteiger partial charge in [0.25, 0.3) is 0 Å². The predicted molar refractivity (Wildman–Crippen MR) is 109 cm³/mol. The zero-order chi connectivity index (χ0) is 19.2. The molecule has 1 atom stereocenters. The molecule has 5 nitrogen and oxygen atoms in total. The van der Waals surface area contributed by atoms with Crippen molar-refractivity contribution in [2.75, 3.05) is 12.4 Å². The monoisotopic (exact) mass is 403 g/mol. The fourth-order valence-corrected chi connectivity index (χ4v) is 3.64. The first-order chi connectivity index (χ1) is 13.0. The van der Waals surface area contributed by atoms with Crippen LogP contribution in [0.5, 0.6) is 0 Å². The third kappa shape index (κ3) is 5.56. The Morgan fingerprint density at radius 3 is 2.67 bits per heavy atom. The lowest BCUT2D eigenvalue weighted by Crippen LogP contribution is -2.18. The number of ether oxygens (including phenoxy) is 1. The zero-order valence-electron chi connectivity index (χ0n) is 15.3. The second-order valence-electron chi connectivity index (χ2n) is 6.31. The minimum absolute atomic E-state index is 0.257. The maximum atomic E-state index is 10.2. The summed E-state index contributed by atoms with van der Waals surface area (Å²) in [6, 6.07) is 15.7. The first kappa shape index (κ1) is 19.9. The predicted octanol–water partition coefficient (Wildman–Crippen LogP) is 4.21. The van der Waals surface area contributed by atoms with E-state index < -0.39 is 6.10 Å². The molecular weight excluding hydrogens is 382 g/mol. The van der Waals surface area contributed by atoms with E-state index in [1.165, 1.54) is 17.3 Å². The van der Waals surface area contributed by atoms with E-state index in [-0.39, 0.29) is 6.61 Å². The molecule has 0 saturated heterocycles. The summed E-state index contributed by atoms with van der Waals surface area (Å²) in [7, 11) is 0. The second-order valence-corrected chi connectivity index (χ2v) is 7.73. The summed E-state index contributed by atoms with van der Waals surface area (Å²) in [4.78, 5) is 0. The molecule has 0 saturated carbocycles. The normalized spacial score (nSPS) is 12.3. The number of nitrogens with zero attached hydrogens (tertiary/aromatic N) is 3. The van der Waals surface area contributed by atoms with Gasteiger partial charge >= 0.3 is 0 Å². The van der Waals surface area contributed by atoms with Gasteiger partial charge < -0.3 is 9.84 Å². The van der Waals surface area contributed by atoms with Crippen LogP contribution in [0.4, 0.5) is 0 Å². The highest BCUT2D eigenvalue weighted by Crippen LogP contribution is 2.23. The molecule has 1 unspecified atom stereocenters. The minimum atomic E-state index is -0.592. The van der Waals surface area contributed by atoms with Crippen molar-refractivity contribution < 1.29 is 9.84 Å². The summed E-state index contributed by atoms with van der Waals surface area (Å²) in [5.41, 5.74) is 3.22. The molecule has 0 fully saturated rings. The molecule has 27 heavy (non-hydrogen) atoms. The fraction of sp³-hybridized carbons (Fsp3) is 0.300. The van der Waals surface area contributed by atoms with Crippen molar-refractivity contribution in [3.63, 3.8) is 0 Å². The molecule has 1 N–H and O–H groups in total. The number of aromatic nitrogens is 3. The highest BCUT2D eigenvalue weighted by atomic mass is 35.5. The summed E-state index contributed by atoms with van der Waals surface area (Å²) in [5.74, 6) is 1.29. The highest BCUT2D eigenvalue weighted by Gasteiger charge is 2.14. The second kappa shape index (κ2) is 9.37. The van der Waals surface area contributed by atoms with Crippen LogP contribution < -0.4 is 0 Å². The van der Waals surface area contributed by atoms with E-state index in [0.29, 0.717) is 17.4 Å².